The lowest BCUT2D eigenvalue weighted by atomic mass is 9.93. The van der Waals surface area contributed by atoms with Crippen LogP contribution in [0.1, 0.15) is 23.6 Å². The van der Waals surface area contributed by atoms with Crippen LogP contribution in [0.25, 0.3) is 54.9 Å². The third-order valence-electron chi connectivity index (χ3n) is 8.31. The molecule has 5 aromatic carbocycles. The van der Waals surface area contributed by atoms with Crippen molar-refractivity contribution in [2.75, 3.05) is 0 Å². The summed E-state index contributed by atoms with van der Waals surface area (Å²) in [6, 6.07) is 44.4. The van der Waals surface area contributed by atoms with Crippen LogP contribution in [0.3, 0.4) is 0 Å². The highest BCUT2D eigenvalue weighted by atomic mass is 15.0. The molecule has 1 atom stereocenters. The molecule has 1 aliphatic rings. The maximum atomic E-state index is 2.56. The molecule has 1 aliphatic carbocycles. The Kier molecular flexibility index (Phi) is 4.90. The Morgan fingerprint density at radius 1 is 0.538 bits per heavy atom. The molecule has 0 fully saturated rings. The van der Waals surface area contributed by atoms with Crippen molar-refractivity contribution in [2.45, 2.75) is 19.4 Å². The predicted octanol–water partition coefficient (Wildman–Crippen LogP) is 9.78. The summed E-state index contributed by atoms with van der Waals surface area (Å²) in [7, 11) is 0. The van der Waals surface area contributed by atoms with Gasteiger partial charge in [-0.2, -0.15) is 0 Å². The fraction of sp³-hybridized carbons (Fsp3) is 0.0811. The van der Waals surface area contributed by atoms with Gasteiger partial charge in [-0.05, 0) is 48.4 Å². The van der Waals surface area contributed by atoms with Crippen LogP contribution in [0.15, 0.2) is 133 Å². The molecule has 2 nitrogen and oxygen atoms in total. The summed E-state index contributed by atoms with van der Waals surface area (Å²) in [5, 5.41) is 5.22. The largest absolute Gasteiger partial charge is 0.333 e. The van der Waals surface area contributed by atoms with Gasteiger partial charge < -0.3 is 9.13 Å². The van der Waals surface area contributed by atoms with Crippen LogP contribution < -0.4 is 0 Å². The van der Waals surface area contributed by atoms with E-state index in [4.69, 9.17) is 0 Å². The second kappa shape index (κ2) is 8.61. The Labute approximate surface area is 227 Å². The second-order valence-corrected chi connectivity index (χ2v) is 10.7. The maximum Gasteiger partial charge on any atom is 0.0586 e. The van der Waals surface area contributed by atoms with Gasteiger partial charge in [0.25, 0.3) is 0 Å². The Hall–Kier alpha value is -4.82. The molecule has 0 amide bonds. The van der Waals surface area contributed by atoms with Crippen LogP contribution in [0.5, 0.6) is 0 Å². The van der Waals surface area contributed by atoms with Crippen LogP contribution in [0.2, 0.25) is 0 Å². The molecule has 2 aromatic heterocycles. The molecule has 1 unspecified atom stereocenters. The van der Waals surface area contributed by atoms with Crippen LogP contribution in [-0.4, -0.2) is 9.13 Å². The third-order valence-corrected chi connectivity index (χ3v) is 8.31. The summed E-state index contributed by atoms with van der Waals surface area (Å²) >= 11 is 0. The van der Waals surface area contributed by atoms with Crippen LogP contribution in [0, 0.1) is 6.92 Å². The first-order chi connectivity index (χ1) is 19.3. The van der Waals surface area contributed by atoms with Gasteiger partial charge in [0.15, 0.2) is 0 Å². The van der Waals surface area contributed by atoms with Gasteiger partial charge in [0.1, 0.15) is 0 Å². The molecule has 39 heavy (non-hydrogen) atoms. The van der Waals surface area contributed by atoms with Gasteiger partial charge in [-0.1, -0.05) is 109 Å². The molecule has 0 bridgehead atoms. The lowest BCUT2D eigenvalue weighted by molar-refractivity contribution is 0.648. The number of hydrogen-bond acceptors (Lipinski definition) is 0. The zero-order valence-corrected chi connectivity index (χ0v) is 21.9. The number of aryl methyl sites for hydroxylation is 1. The Morgan fingerprint density at radius 3 is 1.54 bits per heavy atom. The maximum absolute atomic E-state index is 2.56. The van der Waals surface area contributed by atoms with E-state index in [9.17, 15) is 0 Å². The molecule has 0 spiro atoms. The molecule has 186 valence electrons. The summed E-state index contributed by atoms with van der Waals surface area (Å²) in [5.41, 5.74) is 10.2. The number of allylic oxidation sites excluding steroid dienone is 4. The minimum atomic E-state index is 0.172. The molecule has 8 rings (SSSR count). The van der Waals surface area contributed by atoms with Gasteiger partial charge in [-0.3, -0.25) is 0 Å². The monoisotopic (exact) mass is 500 g/mol. The van der Waals surface area contributed by atoms with Crippen LogP contribution in [0.4, 0.5) is 0 Å². The first-order valence-electron chi connectivity index (χ1n) is 13.7. The Balaban J connectivity index is 1.41. The lowest BCUT2D eigenvalue weighted by Crippen LogP contribution is -2.13. The molecule has 0 radical (unpaired) electrons. The van der Waals surface area contributed by atoms with E-state index < -0.39 is 0 Å². The van der Waals surface area contributed by atoms with E-state index in [0.29, 0.717) is 0 Å². The molecule has 2 heteroatoms. The van der Waals surface area contributed by atoms with Gasteiger partial charge in [0.2, 0.25) is 0 Å². The van der Waals surface area contributed by atoms with Crippen molar-refractivity contribution in [1.29, 1.82) is 0 Å². The lowest BCUT2D eigenvalue weighted by Gasteiger charge is -2.27. The number of fused-ring (bicyclic) bond motifs is 6. The van der Waals surface area contributed by atoms with E-state index in [1.54, 1.807) is 0 Å². The zero-order valence-electron chi connectivity index (χ0n) is 21.9. The van der Waals surface area contributed by atoms with Crippen molar-refractivity contribution in [3.63, 3.8) is 0 Å². The number of para-hydroxylation sites is 4. The van der Waals surface area contributed by atoms with E-state index in [1.165, 1.54) is 66.0 Å². The smallest absolute Gasteiger partial charge is 0.0586 e. The summed E-state index contributed by atoms with van der Waals surface area (Å²) in [6.45, 7) is 2.15. The molecule has 0 saturated carbocycles. The molecule has 7 aromatic rings. The van der Waals surface area contributed by atoms with Crippen molar-refractivity contribution in [1.82, 2.24) is 9.13 Å². The van der Waals surface area contributed by atoms with Crippen molar-refractivity contribution in [3.8, 4) is 0 Å². The molecule has 0 N–H and O–H groups in total. The van der Waals surface area contributed by atoms with E-state index in [2.05, 4.69) is 150 Å². The van der Waals surface area contributed by atoms with Gasteiger partial charge >= 0.3 is 0 Å². The SMILES string of the molecule is Cc1ccc(C2=CC(n3c4ccccc4c4ccccc43)CC(n3c4ccccc4c4ccccc43)=C2)cc1. The van der Waals surface area contributed by atoms with E-state index >= 15 is 0 Å². The predicted molar refractivity (Wildman–Crippen MR) is 166 cm³/mol. The number of aromatic nitrogens is 2. The second-order valence-electron chi connectivity index (χ2n) is 10.7. The Morgan fingerprint density at radius 2 is 1.00 bits per heavy atom. The Bertz CT molecular complexity index is 1990. The summed E-state index contributed by atoms with van der Waals surface area (Å²) in [6.07, 6.45) is 5.79. The number of hydrogen-bond donors (Lipinski definition) is 0. The van der Waals surface area contributed by atoms with E-state index in [-0.39, 0.29) is 6.04 Å². The fourth-order valence-corrected chi connectivity index (χ4v) is 6.56. The standard InChI is InChI=1S/C37H28N2/c1-25-18-20-26(21-19-25)27-22-28(38-34-14-6-2-10-30(34)31-11-3-7-15-35(31)38)24-29(23-27)39-36-16-8-4-12-32(36)33-13-5-9-17-37(33)39/h2-23,28H,24H2,1H3. The first-order valence-corrected chi connectivity index (χ1v) is 13.7. The molecule has 0 saturated heterocycles. The molecule has 2 heterocycles. The number of nitrogens with zero attached hydrogens (tertiary/aromatic N) is 2. The van der Waals surface area contributed by atoms with Crippen molar-refractivity contribution in [2.24, 2.45) is 0 Å². The van der Waals surface area contributed by atoms with Gasteiger partial charge in [-0.25, -0.2) is 0 Å². The number of benzene rings is 5. The summed E-state index contributed by atoms with van der Waals surface area (Å²) in [4.78, 5) is 0. The average Bonchev–Trinajstić information content (AvgIpc) is 3.51. The normalized spacial score (nSPS) is 15.8. The summed E-state index contributed by atoms with van der Waals surface area (Å²) in [5.74, 6) is 0. The third kappa shape index (κ3) is 3.42. The average molecular weight is 501 g/mol. The van der Waals surface area contributed by atoms with E-state index in [0.717, 1.165) is 6.42 Å². The van der Waals surface area contributed by atoms with E-state index in [1.807, 2.05) is 0 Å². The quantitative estimate of drug-likeness (QED) is 0.228. The van der Waals surface area contributed by atoms with Gasteiger partial charge in [0.05, 0.1) is 17.1 Å². The zero-order chi connectivity index (χ0) is 25.9. The minimum Gasteiger partial charge on any atom is -0.333 e. The topological polar surface area (TPSA) is 9.86 Å². The molecular weight excluding hydrogens is 472 g/mol. The molecular formula is C37H28N2. The summed E-state index contributed by atoms with van der Waals surface area (Å²) < 4.78 is 5.05. The highest BCUT2D eigenvalue weighted by molar-refractivity contribution is 6.11. The minimum absolute atomic E-state index is 0.172. The number of rotatable bonds is 3. The van der Waals surface area contributed by atoms with Crippen molar-refractivity contribution in [3.05, 3.63) is 145 Å². The highest BCUT2D eigenvalue weighted by Gasteiger charge is 2.24. The highest BCUT2D eigenvalue weighted by Crippen LogP contribution is 2.42. The van der Waals surface area contributed by atoms with Crippen LogP contribution >= 0.6 is 0 Å². The fourth-order valence-electron chi connectivity index (χ4n) is 6.56. The van der Waals surface area contributed by atoms with Crippen molar-refractivity contribution >= 4 is 54.9 Å². The van der Waals surface area contributed by atoms with Crippen LogP contribution in [-0.2, 0) is 0 Å². The first kappa shape index (κ1) is 22.2. The van der Waals surface area contributed by atoms with Crippen molar-refractivity contribution < 1.29 is 0 Å². The van der Waals surface area contributed by atoms with Gasteiger partial charge in [-0.15, -0.1) is 0 Å². The molecule has 0 aliphatic heterocycles. The van der Waals surface area contributed by atoms with Gasteiger partial charge in [0, 0.05) is 44.7 Å².